The van der Waals surface area contributed by atoms with E-state index in [1.165, 1.54) is 12.3 Å². The third-order valence-electron chi connectivity index (χ3n) is 6.35. The van der Waals surface area contributed by atoms with E-state index < -0.39 is 0 Å². The molecule has 0 bridgehead atoms. The highest BCUT2D eigenvalue weighted by atomic mass is 16.5. The fourth-order valence-corrected chi connectivity index (χ4v) is 4.14. The van der Waals surface area contributed by atoms with Gasteiger partial charge in [0.05, 0.1) is 6.04 Å². The number of nitrogens with one attached hydrogen (secondary N) is 1. The number of amides is 1. The van der Waals surface area contributed by atoms with E-state index in [4.69, 9.17) is 14.0 Å². The molecule has 5 aromatic rings. The van der Waals surface area contributed by atoms with Crippen molar-refractivity contribution in [1.82, 2.24) is 10.5 Å². The lowest BCUT2D eigenvalue weighted by atomic mass is 10.0. The van der Waals surface area contributed by atoms with Crippen LogP contribution in [-0.2, 0) is 13.2 Å². The third-order valence-corrected chi connectivity index (χ3v) is 6.35. The molecule has 1 N–H and O–H groups in total. The molecule has 1 atom stereocenters. The Morgan fingerprint density at radius 2 is 1.55 bits per heavy atom. The van der Waals surface area contributed by atoms with Crippen molar-refractivity contribution in [2.75, 3.05) is 0 Å². The largest absolute Gasteiger partial charge is 0.489 e. The molecule has 0 aliphatic rings. The maximum Gasteiger partial charge on any atom is 0.273 e. The lowest BCUT2D eigenvalue weighted by molar-refractivity contribution is 0.0930. The van der Waals surface area contributed by atoms with Gasteiger partial charge < -0.3 is 19.3 Å². The van der Waals surface area contributed by atoms with Crippen molar-refractivity contribution in [3.63, 3.8) is 0 Å². The quantitative estimate of drug-likeness (QED) is 0.179. The van der Waals surface area contributed by atoms with E-state index in [9.17, 15) is 4.79 Å². The van der Waals surface area contributed by atoms with Crippen molar-refractivity contribution in [2.45, 2.75) is 26.2 Å². The summed E-state index contributed by atoms with van der Waals surface area (Å²) in [5.74, 6) is 1.19. The maximum atomic E-state index is 12.4. The van der Waals surface area contributed by atoms with Gasteiger partial charge in [-0.05, 0) is 47.4 Å². The molecule has 6 nitrogen and oxygen atoms in total. The van der Waals surface area contributed by atoms with Crippen LogP contribution in [-0.4, -0.2) is 11.1 Å². The van der Waals surface area contributed by atoms with Crippen LogP contribution in [0.4, 0.5) is 0 Å². The monoisotopic (exact) mass is 530 g/mol. The second kappa shape index (κ2) is 13.1. The van der Waals surface area contributed by atoms with Gasteiger partial charge in [0.15, 0.2) is 5.69 Å². The Morgan fingerprint density at radius 1 is 0.825 bits per heavy atom. The Balaban J connectivity index is 1.32. The Bertz CT molecular complexity index is 1550. The summed E-state index contributed by atoms with van der Waals surface area (Å²) in [6.07, 6.45) is 5.44. The molecule has 200 valence electrons. The van der Waals surface area contributed by atoms with Crippen molar-refractivity contribution in [2.24, 2.45) is 0 Å². The Morgan fingerprint density at radius 3 is 2.25 bits per heavy atom. The molecule has 0 spiro atoms. The molecule has 6 heteroatoms. The van der Waals surface area contributed by atoms with E-state index in [1.54, 1.807) is 0 Å². The zero-order valence-electron chi connectivity index (χ0n) is 22.2. The first kappa shape index (κ1) is 26.5. The third kappa shape index (κ3) is 7.26. The second-order valence-electron chi connectivity index (χ2n) is 9.33. The highest BCUT2D eigenvalue weighted by molar-refractivity contribution is 5.92. The molecular formula is C34H30N2O4. The van der Waals surface area contributed by atoms with Crippen LogP contribution >= 0.6 is 0 Å². The van der Waals surface area contributed by atoms with Gasteiger partial charge in [-0.2, -0.15) is 0 Å². The summed E-state index contributed by atoms with van der Waals surface area (Å²) in [7, 11) is 0. The number of rotatable bonds is 11. The first-order valence-electron chi connectivity index (χ1n) is 13.1. The van der Waals surface area contributed by atoms with E-state index in [0.717, 1.165) is 39.3 Å². The Hall–Kier alpha value is -5.10. The van der Waals surface area contributed by atoms with Gasteiger partial charge in [0.2, 0.25) is 0 Å². The molecule has 0 aliphatic carbocycles. The Kier molecular flexibility index (Phi) is 8.69. The van der Waals surface area contributed by atoms with Crippen LogP contribution in [0, 0.1) is 0 Å². The van der Waals surface area contributed by atoms with E-state index in [0.29, 0.717) is 13.2 Å². The standard InChI is InChI=1S/C34H30N2O4/c1-25(35-34(37)32-19-20-40-36-32)30-14-8-13-26(21-30)15-16-29-17-18-31(38-23-27-9-4-2-5-10-27)22-33(29)39-24-28-11-6-3-7-12-28/h2-22,25H,23-24H2,1H3,(H,35,37)/b16-15+. The number of hydrogen-bond donors (Lipinski definition) is 1. The summed E-state index contributed by atoms with van der Waals surface area (Å²) in [5.41, 5.74) is 5.34. The molecule has 0 radical (unpaired) electrons. The van der Waals surface area contributed by atoms with E-state index in [-0.39, 0.29) is 17.6 Å². The number of ether oxygens (including phenoxy) is 2. The molecule has 1 amide bonds. The van der Waals surface area contributed by atoms with Crippen LogP contribution in [0.15, 0.2) is 120 Å². The highest BCUT2D eigenvalue weighted by Gasteiger charge is 2.14. The fraction of sp³-hybridized carbons (Fsp3) is 0.118. The summed E-state index contributed by atoms with van der Waals surface area (Å²) in [6, 6.07) is 35.4. The zero-order chi connectivity index (χ0) is 27.6. The number of aromatic nitrogens is 1. The van der Waals surface area contributed by atoms with Gasteiger partial charge in [0.1, 0.15) is 31.0 Å². The fourth-order valence-electron chi connectivity index (χ4n) is 4.14. The molecular weight excluding hydrogens is 500 g/mol. The van der Waals surface area contributed by atoms with Crippen LogP contribution in [0.2, 0.25) is 0 Å². The maximum absolute atomic E-state index is 12.4. The number of benzene rings is 4. The molecule has 0 saturated carbocycles. The van der Waals surface area contributed by atoms with Crippen LogP contribution in [0.1, 0.15) is 51.3 Å². The number of hydrogen-bond acceptors (Lipinski definition) is 5. The van der Waals surface area contributed by atoms with Crippen molar-refractivity contribution < 1.29 is 18.8 Å². The topological polar surface area (TPSA) is 73.6 Å². The van der Waals surface area contributed by atoms with Crippen molar-refractivity contribution in [1.29, 1.82) is 0 Å². The van der Waals surface area contributed by atoms with Crippen LogP contribution in [0.25, 0.3) is 12.2 Å². The average Bonchev–Trinajstić information content (AvgIpc) is 3.55. The molecule has 1 aromatic heterocycles. The van der Waals surface area contributed by atoms with Gasteiger partial charge in [-0.3, -0.25) is 4.79 Å². The number of carbonyl (C=O) groups is 1. The van der Waals surface area contributed by atoms with Crippen molar-refractivity contribution >= 4 is 18.1 Å². The van der Waals surface area contributed by atoms with E-state index >= 15 is 0 Å². The predicted molar refractivity (Wildman–Crippen MR) is 156 cm³/mol. The van der Waals surface area contributed by atoms with Gasteiger partial charge in [-0.1, -0.05) is 96.2 Å². The Labute approximate surface area is 233 Å². The van der Waals surface area contributed by atoms with Crippen molar-refractivity contribution in [3.05, 3.63) is 149 Å². The minimum atomic E-state index is -0.281. The summed E-state index contributed by atoms with van der Waals surface area (Å²) >= 11 is 0. The van der Waals surface area contributed by atoms with Crippen LogP contribution in [0.3, 0.4) is 0 Å². The molecule has 1 heterocycles. The van der Waals surface area contributed by atoms with Gasteiger partial charge in [0, 0.05) is 17.7 Å². The summed E-state index contributed by atoms with van der Waals surface area (Å²) in [6.45, 7) is 2.86. The lowest BCUT2D eigenvalue weighted by Gasteiger charge is -2.14. The second-order valence-corrected chi connectivity index (χ2v) is 9.33. The minimum Gasteiger partial charge on any atom is -0.489 e. The molecule has 0 aliphatic heterocycles. The summed E-state index contributed by atoms with van der Waals surface area (Å²) in [4.78, 5) is 12.4. The molecule has 5 rings (SSSR count). The molecule has 1 unspecified atom stereocenters. The molecule has 40 heavy (non-hydrogen) atoms. The highest BCUT2D eigenvalue weighted by Crippen LogP contribution is 2.28. The average molecular weight is 531 g/mol. The smallest absolute Gasteiger partial charge is 0.273 e. The van der Waals surface area contributed by atoms with Crippen molar-refractivity contribution in [3.8, 4) is 11.5 Å². The first-order valence-corrected chi connectivity index (χ1v) is 13.1. The van der Waals surface area contributed by atoms with Gasteiger partial charge >= 0.3 is 0 Å². The van der Waals surface area contributed by atoms with Gasteiger partial charge in [-0.15, -0.1) is 0 Å². The summed E-state index contributed by atoms with van der Waals surface area (Å²) in [5, 5.41) is 6.65. The SMILES string of the molecule is CC(NC(=O)c1ccon1)c1cccc(/C=C/c2ccc(OCc3ccccc3)cc2OCc2ccccc2)c1. The number of nitrogens with zero attached hydrogens (tertiary/aromatic N) is 1. The lowest BCUT2D eigenvalue weighted by Crippen LogP contribution is -2.26. The summed E-state index contributed by atoms with van der Waals surface area (Å²) < 4.78 is 17.1. The number of carbonyl (C=O) groups excluding carboxylic acids is 1. The molecule has 0 saturated heterocycles. The van der Waals surface area contributed by atoms with E-state index in [1.807, 2.05) is 122 Å². The van der Waals surface area contributed by atoms with E-state index in [2.05, 4.69) is 10.5 Å². The first-order chi connectivity index (χ1) is 19.6. The van der Waals surface area contributed by atoms with Gasteiger partial charge in [-0.25, -0.2) is 0 Å². The van der Waals surface area contributed by atoms with Crippen LogP contribution < -0.4 is 14.8 Å². The van der Waals surface area contributed by atoms with Gasteiger partial charge in [0.25, 0.3) is 5.91 Å². The molecule has 4 aromatic carbocycles. The normalized spacial score (nSPS) is 11.7. The predicted octanol–water partition coefficient (Wildman–Crippen LogP) is 7.49. The zero-order valence-corrected chi connectivity index (χ0v) is 22.2. The molecule has 0 fully saturated rings. The van der Waals surface area contributed by atoms with Crippen LogP contribution in [0.5, 0.6) is 11.5 Å². The minimum absolute atomic E-state index is 0.205.